The Morgan fingerprint density at radius 1 is 1.71 bits per heavy atom. The average molecular weight is 211 g/mol. The maximum absolute atomic E-state index is 11.2. The molecule has 0 aliphatic rings. The van der Waals surface area contributed by atoms with Gasteiger partial charge in [0.15, 0.2) is 0 Å². The molecule has 1 heterocycles. The van der Waals surface area contributed by atoms with E-state index in [2.05, 4.69) is 4.98 Å². The van der Waals surface area contributed by atoms with Gasteiger partial charge in [0.2, 0.25) is 0 Å². The number of aromatic amines is 1. The lowest BCUT2D eigenvalue weighted by atomic mass is 10.2. The zero-order chi connectivity index (χ0) is 10.7. The maximum Gasteiger partial charge on any atom is 0.289 e. The van der Waals surface area contributed by atoms with Crippen LogP contribution in [0.3, 0.4) is 0 Å². The van der Waals surface area contributed by atoms with E-state index in [4.69, 9.17) is 5.26 Å². The first kappa shape index (κ1) is 10.3. The van der Waals surface area contributed by atoms with E-state index >= 15 is 0 Å². The summed E-state index contributed by atoms with van der Waals surface area (Å²) in [5.74, 6) is 0. The topological polar surface area (TPSA) is 99.8 Å². The Kier molecular flexibility index (Phi) is 2.89. The fraction of sp³-hybridized carbons (Fsp3) is 0.143. The van der Waals surface area contributed by atoms with Crippen LogP contribution in [0.2, 0.25) is 0 Å². The van der Waals surface area contributed by atoms with E-state index in [9.17, 15) is 14.9 Å². The van der Waals surface area contributed by atoms with E-state index in [1.54, 1.807) is 5.40 Å². The molecule has 7 heteroatoms. The Bertz CT molecular complexity index is 474. The average Bonchev–Trinajstić information content (AvgIpc) is 2.11. The smallest absolute Gasteiger partial charge is 0.289 e. The highest BCUT2D eigenvalue weighted by Crippen LogP contribution is 2.23. The van der Waals surface area contributed by atoms with Crippen molar-refractivity contribution in [3.8, 4) is 5.40 Å². The molecule has 1 rings (SSSR count). The monoisotopic (exact) mass is 211 g/mol. The summed E-state index contributed by atoms with van der Waals surface area (Å²) in [6, 6.07) is 0. The van der Waals surface area contributed by atoms with Gasteiger partial charge in [0.1, 0.15) is 5.40 Å². The highest BCUT2D eigenvalue weighted by atomic mass is 32.2. The molecule has 0 amide bonds. The summed E-state index contributed by atoms with van der Waals surface area (Å²) in [5, 5.41) is 20.6. The first-order valence-electron chi connectivity index (χ1n) is 3.50. The Balaban J connectivity index is 3.42. The lowest BCUT2D eigenvalue weighted by molar-refractivity contribution is -0.386. The van der Waals surface area contributed by atoms with Crippen LogP contribution in [0.15, 0.2) is 15.9 Å². The third-order valence-electron chi connectivity index (χ3n) is 1.62. The van der Waals surface area contributed by atoms with Crippen LogP contribution in [0, 0.1) is 27.7 Å². The molecule has 0 bridgehead atoms. The third-order valence-corrected chi connectivity index (χ3v) is 2.40. The van der Waals surface area contributed by atoms with Crippen molar-refractivity contribution < 1.29 is 4.92 Å². The van der Waals surface area contributed by atoms with E-state index in [1.807, 2.05) is 0 Å². The molecule has 0 radical (unpaired) electrons. The van der Waals surface area contributed by atoms with Gasteiger partial charge in [-0.25, -0.2) is 0 Å². The minimum Gasteiger partial charge on any atom is -0.322 e. The number of pyridine rings is 1. The zero-order valence-electron chi connectivity index (χ0n) is 7.10. The highest BCUT2D eigenvalue weighted by molar-refractivity contribution is 8.03. The second-order valence-electron chi connectivity index (χ2n) is 2.41. The Hall–Kier alpha value is -1.81. The van der Waals surface area contributed by atoms with Crippen LogP contribution < -0.4 is 5.56 Å². The highest BCUT2D eigenvalue weighted by Gasteiger charge is 2.16. The fourth-order valence-corrected chi connectivity index (χ4v) is 1.45. The first-order chi connectivity index (χ1) is 6.57. The molecule has 14 heavy (non-hydrogen) atoms. The lowest BCUT2D eigenvalue weighted by Gasteiger charge is -1.99. The van der Waals surface area contributed by atoms with Crippen molar-refractivity contribution in [3.05, 3.63) is 32.2 Å². The van der Waals surface area contributed by atoms with Crippen molar-refractivity contribution in [1.29, 1.82) is 5.26 Å². The minimum atomic E-state index is -0.604. The molecule has 1 aromatic heterocycles. The number of nitriles is 1. The predicted octanol–water partition coefficient (Wildman–Crippen LogP) is 1.16. The number of hydrogen-bond acceptors (Lipinski definition) is 5. The van der Waals surface area contributed by atoms with Crippen LogP contribution in [-0.2, 0) is 0 Å². The van der Waals surface area contributed by atoms with Gasteiger partial charge in [-0.1, -0.05) is 0 Å². The van der Waals surface area contributed by atoms with Crippen molar-refractivity contribution in [3.63, 3.8) is 0 Å². The van der Waals surface area contributed by atoms with Gasteiger partial charge < -0.3 is 4.98 Å². The summed E-state index contributed by atoms with van der Waals surface area (Å²) in [6.45, 7) is 1.44. The summed E-state index contributed by atoms with van der Waals surface area (Å²) in [5.41, 5.74) is -0.465. The summed E-state index contributed by atoms with van der Waals surface area (Å²) < 4.78 is 0. The Labute approximate surface area is 82.7 Å². The van der Waals surface area contributed by atoms with Crippen molar-refractivity contribution in [2.75, 3.05) is 0 Å². The normalized spacial score (nSPS) is 9.43. The van der Waals surface area contributed by atoms with Gasteiger partial charge in [-0.3, -0.25) is 14.9 Å². The number of nitro groups is 1. The molecule has 0 atom stereocenters. The summed E-state index contributed by atoms with van der Waals surface area (Å²) in [6.07, 6.45) is 1.03. The van der Waals surface area contributed by atoms with Gasteiger partial charge in [0.25, 0.3) is 11.2 Å². The summed E-state index contributed by atoms with van der Waals surface area (Å²) in [7, 11) is 0. The number of nitrogens with one attached hydrogen (secondary N) is 1. The van der Waals surface area contributed by atoms with Gasteiger partial charge in [0.05, 0.1) is 16.0 Å². The molecule has 0 saturated carbocycles. The number of hydrogen-bond donors (Lipinski definition) is 1. The van der Waals surface area contributed by atoms with Crippen LogP contribution in [0.5, 0.6) is 0 Å². The van der Waals surface area contributed by atoms with Gasteiger partial charge in [-0.2, -0.15) is 5.26 Å². The summed E-state index contributed by atoms with van der Waals surface area (Å²) >= 11 is 0.617. The molecule has 0 aromatic carbocycles. The van der Waals surface area contributed by atoms with E-state index in [1.165, 1.54) is 6.92 Å². The minimum absolute atomic E-state index is 0.0710. The van der Waals surface area contributed by atoms with E-state index < -0.39 is 10.5 Å². The predicted molar refractivity (Wildman–Crippen MR) is 49.9 cm³/mol. The van der Waals surface area contributed by atoms with E-state index in [0.717, 1.165) is 6.20 Å². The molecule has 0 unspecified atom stereocenters. The molecule has 0 aliphatic heterocycles. The van der Waals surface area contributed by atoms with Gasteiger partial charge in [0, 0.05) is 5.56 Å². The number of rotatable bonds is 2. The third kappa shape index (κ3) is 1.75. The van der Waals surface area contributed by atoms with Gasteiger partial charge in [-0.05, 0) is 18.7 Å². The molecule has 1 N–H and O–H groups in total. The molecular weight excluding hydrogens is 206 g/mol. The quantitative estimate of drug-likeness (QED) is 0.342. The molecule has 6 nitrogen and oxygen atoms in total. The van der Waals surface area contributed by atoms with Gasteiger partial charge in [-0.15, -0.1) is 0 Å². The van der Waals surface area contributed by atoms with Crippen LogP contribution in [0.4, 0.5) is 5.69 Å². The van der Waals surface area contributed by atoms with Crippen LogP contribution in [0.25, 0.3) is 0 Å². The molecule has 72 valence electrons. The number of aromatic nitrogens is 1. The zero-order valence-corrected chi connectivity index (χ0v) is 7.92. The van der Waals surface area contributed by atoms with E-state index in [0.29, 0.717) is 11.8 Å². The number of thioether (sulfide) groups is 1. The van der Waals surface area contributed by atoms with Crippen LogP contribution in [-0.4, -0.2) is 9.91 Å². The maximum atomic E-state index is 11.2. The molecule has 0 saturated heterocycles. The largest absolute Gasteiger partial charge is 0.322 e. The van der Waals surface area contributed by atoms with Crippen molar-refractivity contribution in [2.45, 2.75) is 11.8 Å². The van der Waals surface area contributed by atoms with Crippen molar-refractivity contribution in [2.24, 2.45) is 0 Å². The molecule has 0 fully saturated rings. The first-order valence-corrected chi connectivity index (χ1v) is 4.32. The van der Waals surface area contributed by atoms with Crippen molar-refractivity contribution >= 4 is 17.4 Å². The number of H-pyrrole nitrogens is 1. The number of nitrogens with zero attached hydrogens (tertiary/aromatic N) is 2. The molecule has 1 aromatic rings. The van der Waals surface area contributed by atoms with E-state index in [-0.39, 0.29) is 16.1 Å². The van der Waals surface area contributed by atoms with Crippen LogP contribution >= 0.6 is 11.8 Å². The SMILES string of the molecule is Cc1c([N+](=O)[O-])c[nH]c(=O)c1SC#N. The lowest BCUT2D eigenvalue weighted by Crippen LogP contribution is -2.10. The van der Waals surface area contributed by atoms with Crippen LogP contribution in [0.1, 0.15) is 5.56 Å². The molecular formula is C7H5N3O3S. The molecule has 0 spiro atoms. The second kappa shape index (κ2) is 3.93. The summed E-state index contributed by atoms with van der Waals surface area (Å²) in [4.78, 5) is 23.3. The Morgan fingerprint density at radius 3 is 2.86 bits per heavy atom. The second-order valence-corrected chi connectivity index (χ2v) is 3.20. The molecule has 0 aliphatic carbocycles. The standard InChI is InChI=1S/C7H5N3O3S/c1-4-5(10(12)13)2-9-7(11)6(4)14-3-8/h2H,1H3,(H,9,11). The Morgan fingerprint density at radius 2 is 2.36 bits per heavy atom. The fourth-order valence-electron chi connectivity index (χ4n) is 0.952. The van der Waals surface area contributed by atoms with Crippen molar-refractivity contribution in [1.82, 2.24) is 4.98 Å². The number of thiocyanates is 1. The van der Waals surface area contributed by atoms with Gasteiger partial charge >= 0.3 is 0 Å².